The van der Waals surface area contributed by atoms with Crippen molar-refractivity contribution in [3.05, 3.63) is 36.4 Å². The average Bonchev–Trinajstić information content (AvgIpc) is 2.51. The van der Waals surface area contributed by atoms with Crippen molar-refractivity contribution in [2.24, 2.45) is 11.8 Å². The second kappa shape index (κ2) is 6.10. The first-order valence-electron chi connectivity index (χ1n) is 7.38. The predicted molar refractivity (Wildman–Crippen MR) is 85.9 cm³/mol. The van der Waals surface area contributed by atoms with Gasteiger partial charge in [-0.2, -0.15) is 0 Å². The molecule has 0 bridgehead atoms. The van der Waals surface area contributed by atoms with Crippen LogP contribution in [0.25, 0.3) is 11.4 Å². The smallest absolute Gasteiger partial charge is 0.163 e. The molecule has 0 radical (unpaired) electrons. The summed E-state index contributed by atoms with van der Waals surface area (Å²) in [5.74, 6) is 8.58. The fraction of sp³-hybridized carbons (Fsp3) is 0.375. The van der Waals surface area contributed by atoms with Crippen molar-refractivity contribution < 1.29 is 0 Å². The summed E-state index contributed by atoms with van der Waals surface area (Å²) in [6, 6.07) is 11.9. The van der Waals surface area contributed by atoms with Gasteiger partial charge in [-0.3, -0.25) is 0 Å². The third kappa shape index (κ3) is 3.13. The summed E-state index contributed by atoms with van der Waals surface area (Å²) in [5.41, 5.74) is 3.63. The lowest BCUT2D eigenvalue weighted by Crippen LogP contribution is -2.30. The fourth-order valence-corrected chi connectivity index (χ4v) is 2.58. The Balaban J connectivity index is 1.89. The highest BCUT2D eigenvalue weighted by atomic mass is 15.3. The summed E-state index contributed by atoms with van der Waals surface area (Å²) in [5, 5.41) is 0. The van der Waals surface area contributed by atoms with Crippen LogP contribution in [0.3, 0.4) is 0 Å². The van der Waals surface area contributed by atoms with Gasteiger partial charge in [0.1, 0.15) is 11.6 Å². The Kier molecular flexibility index (Phi) is 4.01. The van der Waals surface area contributed by atoms with E-state index in [1.165, 1.54) is 19.3 Å². The van der Waals surface area contributed by atoms with Gasteiger partial charge in [0.25, 0.3) is 0 Å². The van der Waals surface area contributed by atoms with Crippen LogP contribution >= 0.6 is 0 Å². The van der Waals surface area contributed by atoms with E-state index in [0.29, 0.717) is 11.6 Å². The lowest BCUT2D eigenvalue weighted by atomic mass is 9.85. The van der Waals surface area contributed by atoms with Crippen LogP contribution < -0.4 is 16.2 Å². The van der Waals surface area contributed by atoms with Gasteiger partial charge in [-0.1, -0.05) is 36.8 Å². The Bertz CT molecular complexity index is 595. The van der Waals surface area contributed by atoms with Crippen LogP contribution in [0.5, 0.6) is 0 Å². The lowest BCUT2D eigenvalue weighted by Gasteiger charge is -2.30. The number of aromatic nitrogens is 2. The van der Waals surface area contributed by atoms with Gasteiger partial charge in [-0.25, -0.2) is 15.8 Å². The Morgan fingerprint density at radius 2 is 2.00 bits per heavy atom. The number of hydrazine groups is 1. The zero-order valence-electron chi connectivity index (χ0n) is 12.3. The normalized spacial score (nSPS) is 14.6. The summed E-state index contributed by atoms with van der Waals surface area (Å²) in [4.78, 5) is 11.3. The second-order valence-corrected chi connectivity index (χ2v) is 5.62. The van der Waals surface area contributed by atoms with Crippen LogP contribution in [-0.2, 0) is 0 Å². The molecule has 5 heteroatoms. The number of benzene rings is 1. The minimum Gasteiger partial charge on any atom is -0.359 e. The van der Waals surface area contributed by atoms with E-state index < -0.39 is 0 Å². The van der Waals surface area contributed by atoms with Crippen molar-refractivity contribution in [1.82, 2.24) is 9.97 Å². The van der Waals surface area contributed by atoms with Crippen LogP contribution in [-0.4, -0.2) is 23.6 Å². The zero-order chi connectivity index (χ0) is 14.7. The molecule has 5 nitrogen and oxygen atoms in total. The van der Waals surface area contributed by atoms with Crippen molar-refractivity contribution in [2.45, 2.75) is 19.3 Å². The maximum atomic E-state index is 5.55. The van der Waals surface area contributed by atoms with Gasteiger partial charge in [0.15, 0.2) is 5.82 Å². The summed E-state index contributed by atoms with van der Waals surface area (Å²) in [6.07, 6.45) is 4.00. The Labute approximate surface area is 125 Å². The monoisotopic (exact) mass is 283 g/mol. The topological polar surface area (TPSA) is 67.1 Å². The van der Waals surface area contributed by atoms with Crippen molar-refractivity contribution >= 4 is 11.6 Å². The Morgan fingerprint density at radius 3 is 2.62 bits per heavy atom. The number of nitrogen functional groups attached to an aromatic ring is 1. The molecule has 3 N–H and O–H groups in total. The first-order chi connectivity index (χ1) is 10.3. The van der Waals surface area contributed by atoms with Crippen LogP contribution in [0.4, 0.5) is 11.6 Å². The molecule has 1 aliphatic rings. The summed E-state index contributed by atoms with van der Waals surface area (Å²) >= 11 is 0. The number of hydrogen-bond donors (Lipinski definition) is 2. The van der Waals surface area contributed by atoms with Gasteiger partial charge in [-0.05, 0) is 18.8 Å². The van der Waals surface area contributed by atoms with Gasteiger partial charge >= 0.3 is 0 Å². The van der Waals surface area contributed by atoms with E-state index in [1.54, 1.807) is 0 Å². The largest absolute Gasteiger partial charge is 0.359 e. The van der Waals surface area contributed by atoms with E-state index in [2.05, 4.69) is 27.3 Å². The van der Waals surface area contributed by atoms with E-state index in [4.69, 9.17) is 5.84 Å². The quantitative estimate of drug-likeness (QED) is 0.652. The molecular weight excluding hydrogens is 262 g/mol. The number of anilines is 2. The molecule has 0 aliphatic heterocycles. The minimum absolute atomic E-state index is 0.638. The summed E-state index contributed by atoms with van der Waals surface area (Å²) in [7, 11) is 2.08. The van der Waals surface area contributed by atoms with Gasteiger partial charge in [0, 0.05) is 25.2 Å². The second-order valence-electron chi connectivity index (χ2n) is 5.62. The molecule has 1 aliphatic carbocycles. The summed E-state index contributed by atoms with van der Waals surface area (Å²) in [6.45, 7) is 1.04. The molecule has 21 heavy (non-hydrogen) atoms. The lowest BCUT2D eigenvalue weighted by molar-refractivity contribution is 0.321. The van der Waals surface area contributed by atoms with Crippen molar-refractivity contribution in [2.75, 3.05) is 23.9 Å². The van der Waals surface area contributed by atoms with E-state index >= 15 is 0 Å². The number of nitrogens with one attached hydrogen (secondary N) is 1. The third-order valence-electron chi connectivity index (χ3n) is 4.04. The van der Waals surface area contributed by atoms with Gasteiger partial charge < -0.3 is 10.3 Å². The Hall–Kier alpha value is -2.14. The van der Waals surface area contributed by atoms with Crippen molar-refractivity contribution in [1.29, 1.82) is 0 Å². The minimum atomic E-state index is 0.638. The molecule has 1 aromatic heterocycles. The molecular formula is C16H21N5. The third-order valence-corrected chi connectivity index (χ3v) is 4.04. The summed E-state index contributed by atoms with van der Waals surface area (Å²) < 4.78 is 0. The molecule has 0 amide bonds. The van der Waals surface area contributed by atoms with Crippen molar-refractivity contribution in [3.8, 4) is 11.4 Å². The highest BCUT2D eigenvalue weighted by Gasteiger charge is 2.20. The number of hydrogen-bond acceptors (Lipinski definition) is 5. The molecule has 2 aromatic rings. The van der Waals surface area contributed by atoms with E-state index in [-0.39, 0.29) is 0 Å². The van der Waals surface area contributed by atoms with Gasteiger partial charge in [-0.15, -0.1) is 0 Å². The van der Waals surface area contributed by atoms with Gasteiger partial charge in [0.05, 0.1) is 0 Å². The van der Waals surface area contributed by atoms with Gasteiger partial charge in [0.2, 0.25) is 0 Å². The number of nitrogens with zero attached hydrogens (tertiary/aromatic N) is 3. The van der Waals surface area contributed by atoms with Crippen LogP contribution in [0, 0.1) is 5.92 Å². The first kappa shape index (κ1) is 13.8. The first-order valence-corrected chi connectivity index (χ1v) is 7.38. The predicted octanol–water partition coefficient (Wildman–Crippen LogP) is 2.67. The molecule has 0 unspecified atom stereocenters. The molecule has 1 aromatic carbocycles. The maximum Gasteiger partial charge on any atom is 0.163 e. The van der Waals surface area contributed by atoms with Crippen LogP contribution in [0.15, 0.2) is 36.4 Å². The molecule has 0 spiro atoms. The van der Waals surface area contributed by atoms with Crippen LogP contribution in [0.1, 0.15) is 19.3 Å². The molecule has 1 heterocycles. The maximum absolute atomic E-state index is 5.55. The molecule has 0 atom stereocenters. The average molecular weight is 283 g/mol. The fourth-order valence-electron chi connectivity index (χ4n) is 2.58. The molecule has 1 fully saturated rings. The Morgan fingerprint density at radius 1 is 1.24 bits per heavy atom. The van der Waals surface area contributed by atoms with Crippen molar-refractivity contribution in [3.63, 3.8) is 0 Å². The van der Waals surface area contributed by atoms with E-state index in [9.17, 15) is 0 Å². The highest BCUT2D eigenvalue weighted by Crippen LogP contribution is 2.29. The van der Waals surface area contributed by atoms with Crippen LogP contribution in [0.2, 0.25) is 0 Å². The highest BCUT2D eigenvalue weighted by molar-refractivity contribution is 5.61. The van der Waals surface area contributed by atoms with E-state index in [1.807, 2.05) is 36.4 Å². The zero-order valence-corrected chi connectivity index (χ0v) is 12.3. The molecule has 110 valence electrons. The standard InChI is InChI=1S/C16H21N5/c1-21(11-12-6-5-7-12)15-10-14(20-17)18-16(19-15)13-8-3-2-4-9-13/h2-4,8-10,12H,5-7,11,17H2,1H3,(H,18,19,20). The molecule has 0 saturated heterocycles. The number of rotatable bonds is 5. The molecule has 1 saturated carbocycles. The molecule has 3 rings (SSSR count). The van der Waals surface area contributed by atoms with E-state index in [0.717, 1.165) is 23.8 Å². The SMILES string of the molecule is CN(CC1CCC1)c1cc(NN)nc(-c2ccccc2)n1. The number of nitrogens with two attached hydrogens (primary N) is 1.